The second-order valence-corrected chi connectivity index (χ2v) is 3.90. The lowest BCUT2D eigenvalue weighted by Gasteiger charge is -2.13. The van der Waals surface area contributed by atoms with Crippen molar-refractivity contribution in [2.24, 2.45) is 11.8 Å². The quantitative estimate of drug-likeness (QED) is 0.564. The van der Waals surface area contributed by atoms with Gasteiger partial charge in [-0.2, -0.15) is 0 Å². The van der Waals surface area contributed by atoms with Gasteiger partial charge in [-0.15, -0.1) is 0 Å². The standard InChI is InChI=1S/C11H18/c1-8(2)10-6-5-7-11(10)9(3)4/h5-6,8-9H,7H2,1-4H3. The Morgan fingerprint density at radius 3 is 2.09 bits per heavy atom. The highest BCUT2D eigenvalue weighted by molar-refractivity contribution is 5.35. The molecule has 0 spiro atoms. The molecule has 0 aliphatic heterocycles. The topological polar surface area (TPSA) is 0 Å². The maximum absolute atomic E-state index is 2.29. The van der Waals surface area contributed by atoms with Crippen LogP contribution in [-0.4, -0.2) is 0 Å². The lowest BCUT2D eigenvalue weighted by Crippen LogP contribution is -1.98. The van der Waals surface area contributed by atoms with Crippen molar-refractivity contribution in [3.63, 3.8) is 0 Å². The van der Waals surface area contributed by atoms with E-state index in [4.69, 9.17) is 0 Å². The zero-order chi connectivity index (χ0) is 8.43. The molecule has 1 aliphatic rings. The third kappa shape index (κ3) is 1.74. The highest BCUT2D eigenvalue weighted by atomic mass is 14.2. The lowest BCUT2D eigenvalue weighted by atomic mass is 9.93. The van der Waals surface area contributed by atoms with Crippen molar-refractivity contribution < 1.29 is 0 Å². The summed E-state index contributed by atoms with van der Waals surface area (Å²) in [6.45, 7) is 9.11. The van der Waals surface area contributed by atoms with E-state index in [-0.39, 0.29) is 0 Å². The first-order valence-corrected chi connectivity index (χ1v) is 4.52. The Hall–Kier alpha value is -0.520. The summed E-state index contributed by atoms with van der Waals surface area (Å²) in [5.41, 5.74) is 3.21. The number of hydrogen-bond acceptors (Lipinski definition) is 0. The van der Waals surface area contributed by atoms with Gasteiger partial charge in [0.2, 0.25) is 0 Å². The van der Waals surface area contributed by atoms with Gasteiger partial charge in [-0.3, -0.25) is 0 Å². The molecule has 0 heteroatoms. The van der Waals surface area contributed by atoms with E-state index >= 15 is 0 Å². The van der Waals surface area contributed by atoms with Crippen LogP contribution in [0.3, 0.4) is 0 Å². The monoisotopic (exact) mass is 150 g/mol. The minimum absolute atomic E-state index is 0.700. The van der Waals surface area contributed by atoms with Crippen LogP contribution in [0, 0.1) is 11.8 Å². The van der Waals surface area contributed by atoms with Crippen LogP contribution in [0.5, 0.6) is 0 Å². The van der Waals surface area contributed by atoms with Gasteiger partial charge in [-0.1, -0.05) is 45.4 Å². The van der Waals surface area contributed by atoms with Crippen LogP contribution >= 0.6 is 0 Å². The molecule has 11 heavy (non-hydrogen) atoms. The van der Waals surface area contributed by atoms with Crippen molar-refractivity contribution in [2.45, 2.75) is 34.1 Å². The molecule has 0 radical (unpaired) electrons. The second-order valence-electron chi connectivity index (χ2n) is 3.90. The van der Waals surface area contributed by atoms with E-state index in [9.17, 15) is 0 Å². The summed E-state index contributed by atoms with van der Waals surface area (Å²) in [6.07, 6.45) is 5.76. The molecule has 0 amide bonds. The van der Waals surface area contributed by atoms with Crippen molar-refractivity contribution in [2.75, 3.05) is 0 Å². The zero-order valence-corrected chi connectivity index (χ0v) is 8.02. The van der Waals surface area contributed by atoms with Crippen LogP contribution in [0.2, 0.25) is 0 Å². The maximum atomic E-state index is 2.29. The van der Waals surface area contributed by atoms with E-state index in [0.717, 1.165) is 5.92 Å². The fraction of sp³-hybridized carbons (Fsp3) is 0.636. The minimum atomic E-state index is 0.700. The molecule has 0 aromatic carbocycles. The Balaban J connectivity index is 2.84. The van der Waals surface area contributed by atoms with E-state index in [0.29, 0.717) is 5.92 Å². The Morgan fingerprint density at radius 2 is 1.73 bits per heavy atom. The van der Waals surface area contributed by atoms with Gasteiger partial charge in [0.25, 0.3) is 0 Å². The van der Waals surface area contributed by atoms with E-state index in [1.165, 1.54) is 6.42 Å². The predicted octanol–water partition coefficient (Wildman–Crippen LogP) is 3.55. The maximum Gasteiger partial charge on any atom is -0.0127 e. The Labute approximate surface area is 70.0 Å². The predicted molar refractivity (Wildman–Crippen MR) is 50.5 cm³/mol. The first-order chi connectivity index (χ1) is 5.13. The van der Waals surface area contributed by atoms with Crippen LogP contribution in [0.25, 0.3) is 0 Å². The molecule has 0 bridgehead atoms. The van der Waals surface area contributed by atoms with E-state index < -0.39 is 0 Å². The SMILES string of the molecule is CC(C)C1=C(C(C)C)CC=C1. The number of rotatable bonds is 2. The summed E-state index contributed by atoms with van der Waals surface area (Å²) in [5.74, 6) is 1.42. The molecule has 62 valence electrons. The van der Waals surface area contributed by atoms with Gasteiger partial charge < -0.3 is 0 Å². The van der Waals surface area contributed by atoms with E-state index in [1.54, 1.807) is 11.1 Å². The average molecular weight is 150 g/mol. The molecule has 1 aliphatic carbocycles. The smallest absolute Gasteiger partial charge is 0.0127 e. The molecule has 0 saturated heterocycles. The van der Waals surface area contributed by atoms with Gasteiger partial charge in [0, 0.05) is 0 Å². The zero-order valence-electron chi connectivity index (χ0n) is 8.02. The van der Waals surface area contributed by atoms with Gasteiger partial charge in [-0.25, -0.2) is 0 Å². The van der Waals surface area contributed by atoms with E-state index in [1.807, 2.05) is 0 Å². The van der Waals surface area contributed by atoms with E-state index in [2.05, 4.69) is 39.8 Å². The van der Waals surface area contributed by atoms with Crippen LogP contribution in [0.4, 0.5) is 0 Å². The summed E-state index contributed by atoms with van der Waals surface area (Å²) >= 11 is 0. The first-order valence-electron chi connectivity index (χ1n) is 4.52. The molecule has 0 nitrogen and oxygen atoms in total. The molecule has 0 unspecified atom stereocenters. The highest BCUT2D eigenvalue weighted by Gasteiger charge is 2.14. The molecule has 0 saturated carbocycles. The Morgan fingerprint density at radius 1 is 1.09 bits per heavy atom. The van der Waals surface area contributed by atoms with Crippen LogP contribution < -0.4 is 0 Å². The van der Waals surface area contributed by atoms with Gasteiger partial charge >= 0.3 is 0 Å². The lowest BCUT2D eigenvalue weighted by molar-refractivity contribution is 0.702. The summed E-state index contributed by atoms with van der Waals surface area (Å²) in [5, 5.41) is 0. The summed E-state index contributed by atoms with van der Waals surface area (Å²) in [4.78, 5) is 0. The molecule has 0 aromatic rings. The molecule has 0 fully saturated rings. The van der Waals surface area contributed by atoms with Crippen molar-refractivity contribution >= 4 is 0 Å². The first kappa shape index (κ1) is 8.58. The number of hydrogen-bond donors (Lipinski definition) is 0. The summed E-state index contributed by atoms with van der Waals surface area (Å²) in [6, 6.07) is 0. The minimum Gasteiger partial charge on any atom is -0.0802 e. The van der Waals surface area contributed by atoms with Crippen molar-refractivity contribution in [1.82, 2.24) is 0 Å². The summed E-state index contributed by atoms with van der Waals surface area (Å²) in [7, 11) is 0. The average Bonchev–Trinajstić information content (AvgIpc) is 2.32. The van der Waals surface area contributed by atoms with Crippen LogP contribution in [0.15, 0.2) is 23.3 Å². The summed E-state index contributed by atoms with van der Waals surface area (Å²) < 4.78 is 0. The molecule has 1 rings (SSSR count). The molecular weight excluding hydrogens is 132 g/mol. The molecule has 0 aromatic heterocycles. The Kier molecular flexibility index (Phi) is 2.53. The third-order valence-electron chi connectivity index (χ3n) is 2.32. The van der Waals surface area contributed by atoms with Crippen molar-refractivity contribution in [3.05, 3.63) is 23.3 Å². The third-order valence-corrected chi connectivity index (χ3v) is 2.32. The molecular formula is C11H18. The largest absolute Gasteiger partial charge is 0.0802 e. The van der Waals surface area contributed by atoms with Crippen molar-refractivity contribution in [3.8, 4) is 0 Å². The molecule has 0 N–H and O–H groups in total. The van der Waals surface area contributed by atoms with Gasteiger partial charge in [-0.05, 0) is 23.8 Å². The highest BCUT2D eigenvalue weighted by Crippen LogP contribution is 2.30. The van der Waals surface area contributed by atoms with Crippen LogP contribution in [0.1, 0.15) is 34.1 Å². The Bertz CT molecular complexity index is 192. The van der Waals surface area contributed by atoms with Crippen LogP contribution in [-0.2, 0) is 0 Å². The number of allylic oxidation sites excluding steroid dienone is 4. The molecule has 0 atom stereocenters. The fourth-order valence-corrected chi connectivity index (χ4v) is 1.67. The second kappa shape index (κ2) is 3.25. The van der Waals surface area contributed by atoms with Crippen molar-refractivity contribution in [1.29, 1.82) is 0 Å². The van der Waals surface area contributed by atoms with Gasteiger partial charge in [0.15, 0.2) is 0 Å². The van der Waals surface area contributed by atoms with Gasteiger partial charge in [0.05, 0.1) is 0 Å². The normalized spacial score (nSPS) is 17.6. The fourth-order valence-electron chi connectivity index (χ4n) is 1.67. The molecule has 0 heterocycles. The van der Waals surface area contributed by atoms with Gasteiger partial charge in [0.1, 0.15) is 0 Å².